The van der Waals surface area contributed by atoms with E-state index >= 15 is 0 Å². The first-order chi connectivity index (χ1) is 4.74. The van der Waals surface area contributed by atoms with Crippen LogP contribution in [-0.4, -0.2) is 42.2 Å². The summed E-state index contributed by atoms with van der Waals surface area (Å²) >= 11 is 0. The largest absolute Gasteiger partial charge is 0.481 e. The molecular weight excluding hydrogens is 132 g/mol. The fourth-order valence-electron chi connectivity index (χ4n) is 1.09. The molecule has 1 saturated heterocycles. The molecule has 0 bridgehead atoms. The molecule has 4 nitrogen and oxygen atoms in total. The van der Waals surface area contributed by atoms with Crippen molar-refractivity contribution in [2.45, 2.75) is 0 Å². The summed E-state index contributed by atoms with van der Waals surface area (Å²) < 4.78 is 0. The topological polar surface area (TPSA) is 66.6 Å². The minimum atomic E-state index is -0.687. The Kier molecular flexibility index (Phi) is 2.24. The molecule has 4 heteroatoms. The van der Waals surface area contributed by atoms with Gasteiger partial charge in [-0.25, -0.2) is 0 Å². The van der Waals surface area contributed by atoms with Crippen LogP contribution >= 0.6 is 0 Å². The fraction of sp³-hybridized carbons (Fsp3) is 0.833. The van der Waals surface area contributed by atoms with E-state index in [4.69, 9.17) is 10.8 Å². The molecule has 1 fully saturated rings. The quantitative estimate of drug-likeness (QED) is 0.531. The van der Waals surface area contributed by atoms with Crippen molar-refractivity contribution in [1.82, 2.24) is 4.90 Å². The molecule has 0 aromatic heterocycles. The summed E-state index contributed by atoms with van der Waals surface area (Å²) in [6, 6.07) is 0. The summed E-state index contributed by atoms with van der Waals surface area (Å²) in [5.41, 5.74) is 5.27. The van der Waals surface area contributed by atoms with Crippen LogP contribution in [0.1, 0.15) is 0 Å². The van der Waals surface area contributed by atoms with Gasteiger partial charge in [0.2, 0.25) is 0 Å². The highest BCUT2D eigenvalue weighted by Gasteiger charge is 2.31. The lowest BCUT2D eigenvalue weighted by molar-refractivity contribution is -0.147. The predicted molar refractivity (Wildman–Crippen MR) is 36.6 cm³/mol. The van der Waals surface area contributed by atoms with Gasteiger partial charge in [-0.05, 0) is 0 Å². The molecule has 0 spiro atoms. The standard InChI is InChI=1S/C6H12N2O2/c7-1-2-8-3-5(4-8)6(9)10/h5H,1-4,7H2,(H,9,10). The molecule has 1 heterocycles. The number of hydrogen-bond acceptors (Lipinski definition) is 3. The lowest BCUT2D eigenvalue weighted by atomic mass is 10.0. The van der Waals surface area contributed by atoms with Gasteiger partial charge in [0.1, 0.15) is 0 Å². The van der Waals surface area contributed by atoms with Crippen molar-refractivity contribution < 1.29 is 9.90 Å². The zero-order valence-corrected chi connectivity index (χ0v) is 5.79. The Hall–Kier alpha value is -0.610. The first kappa shape index (κ1) is 7.50. The van der Waals surface area contributed by atoms with Gasteiger partial charge in [0.25, 0.3) is 0 Å². The second-order valence-electron chi connectivity index (χ2n) is 2.58. The normalized spacial score (nSPS) is 20.5. The number of aliphatic carboxylic acids is 1. The van der Waals surface area contributed by atoms with Crippen LogP contribution < -0.4 is 5.73 Å². The Labute approximate surface area is 59.6 Å². The second-order valence-corrected chi connectivity index (χ2v) is 2.58. The molecule has 3 N–H and O–H groups in total. The van der Waals surface area contributed by atoms with Gasteiger partial charge in [0, 0.05) is 26.2 Å². The molecule has 58 valence electrons. The molecule has 0 atom stereocenters. The van der Waals surface area contributed by atoms with Gasteiger partial charge in [-0.15, -0.1) is 0 Å². The summed E-state index contributed by atoms with van der Waals surface area (Å²) in [4.78, 5) is 12.3. The molecule has 1 aliphatic rings. The van der Waals surface area contributed by atoms with Crippen LogP contribution in [0.15, 0.2) is 0 Å². The highest BCUT2D eigenvalue weighted by Crippen LogP contribution is 2.13. The number of carboxylic acids is 1. The van der Waals surface area contributed by atoms with Crippen LogP contribution in [0.2, 0.25) is 0 Å². The Morgan fingerprint density at radius 3 is 2.70 bits per heavy atom. The van der Waals surface area contributed by atoms with Crippen molar-refractivity contribution in [3.05, 3.63) is 0 Å². The summed E-state index contributed by atoms with van der Waals surface area (Å²) in [5, 5.41) is 8.46. The Bertz CT molecular complexity index is 132. The lowest BCUT2D eigenvalue weighted by Crippen LogP contribution is -2.51. The Morgan fingerprint density at radius 1 is 1.70 bits per heavy atom. The summed E-state index contributed by atoms with van der Waals surface area (Å²) in [6.45, 7) is 2.79. The van der Waals surface area contributed by atoms with E-state index in [9.17, 15) is 4.79 Å². The van der Waals surface area contributed by atoms with E-state index in [2.05, 4.69) is 0 Å². The SMILES string of the molecule is NCCN1CC(C(=O)O)C1. The van der Waals surface area contributed by atoms with Crippen molar-refractivity contribution in [2.24, 2.45) is 11.7 Å². The van der Waals surface area contributed by atoms with Crippen LogP contribution in [0.5, 0.6) is 0 Å². The molecule has 1 aliphatic heterocycles. The number of nitrogens with two attached hydrogens (primary N) is 1. The third kappa shape index (κ3) is 1.46. The monoisotopic (exact) mass is 144 g/mol. The maximum absolute atomic E-state index is 10.3. The lowest BCUT2D eigenvalue weighted by Gasteiger charge is -2.36. The van der Waals surface area contributed by atoms with E-state index in [1.807, 2.05) is 4.90 Å². The van der Waals surface area contributed by atoms with Crippen LogP contribution in [-0.2, 0) is 4.79 Å². The highest BCUT2D eigenvalue weighted by molar-refractivity contribution is 5.71. The molecule has 0 unspecified atom stereocenters. The van der Waals surface area contributed by atoms with Gasteiger partial charge in [-0.1, -0.05) is 0 Å². The first-order valence-corrected chi connectivity index (χ1v) is 3.39. The van der Waals surface area contributed by atoms with Crippen LogP contribution in [0, 0.1) is 5.92 Å². The highest BCUT2D eigenvalue weighted by atomic mass is 16.4. The average molecular weight is 144 g/mol. The van der Waals surface area contributed by atoms with Gasteiger partial charge in [0.05, 0.1) is 5.92 Å². The second kappa shape index (κ2) is 2.98. The molecule has 0 radical (unpaired) electrons. The van der Waals surface area contributed by atoms with E-state index in [0.717, 1.165) is 6.54 Å². The summed E-state index contributed by atoms with van der Waals surface area (Å²) in [7, 11) is 0. The zero-order valence-electron chi connectivity index (χ0n) is 5.79. The van der Waals surface area contributed by atoms with Crippen LogP contribution in [0.25, 0.3) is 0 Å². The van der Waals surface area contributed by atoms with E-state index in [-0.39, 0.29) is 5.92 Å². The van der Waals surface area contributed by atoms with Crippen molar-refractivity contribution in [2.75, 3.05) is 26.2 Å². The van der Waals surface area contributed by atoms with E-state index in [0.29, 0.717) is 19.6 Å². The number of nitrogens with zero attached hydrogens (tertiary/aromatic N) is 1. The minimum Gasteiger partial charge on any atom is -0.481 e. The van der Waals surface area contributed by atoms with Crippen molar-refractivity contribution in [3.8, 4) is 0 Å². The number of carbonyl (C=O) groups is 1. The smallest absolute Gasteiger partial charge is 0.309 e. The van der Waals surface area contributed by atoms with E-state index < -0.39 is 5.97 Å². The zero-order chi connectivity index (χ0) is 7.56. The third-order valence-electron chi connectivity index (χ3n) is 1.75. The summed E-state index contributed by atoms with van der Waals surface area (Å²) in [6.07, 6.45) is 0. The van der Waals surface area contributed by atoms with Crippen molar-refractivity contribution in [3.63, 3.8) is 0 Å². The molecular formula is C6H12N2O2. The maximum Gasteiger partial charge on any atom is 0.309 e. The molecule has 0 aromatic rings. The fourth-order valence-corrected chi connectivity index (χ4v) is 1.09. The number of rotatable bonds is 3. The molecule has 0 aliphatic carbocycles. The molecule has 0 amide bonds. The van der Waals surface area contributed by atoms with Crippen molar-refractivity contribution >= 4 is 5.97 Å². The molecule has 0 aromatic carbocycles. The van der Waals surface area contributed by atoms with E-state index in [1.54, 1.807) is 0 Å². The first-order valence-electron chi connectivity index (χ1n) is 3.39. The van der Waals surface area contributed by atoms with Gasteiger partial charge in [-0.2, -0.15) is 0 Å². The number of carboxylic acid groups (broad SMARTS) is 1. The minimum absolute atomic E-state index is 0.147. The van der Waals surface area contributed by atoms with Gasteiger partial charge >= 0.3 is 5.97 Å². The van der Waals surface area contributed by atoms with Crippen LogP contribution in [0.3, 0.4) is 0 Å². The maximum atomic E-state index is 10.3. The molecule has 0 saturated carbocycles. The van der Waals surface area contributed by atoms with Gasteiger partial charge in [-0.3, -0.25) is 4.79 Å². The molecule has 10 heavy (non-hydrogen) atoms. The average Bonchev–Trinajstić information content (AvgIpc) is 1.76. The Morgan fingerprint density at radius 2 is 2.30 bits per heavy atom. The Balaban J connectivity index is 2.12. The van der Waals surface area contributed by atoms with E-state index in [1.165, 1.54) is 0 Å². The van der Waals surface area contributed by atoms with Crippen LogP contribution in [0.4, 0.5) is 0 Å². The van der Waals surface area contributed by atoms with Gasteiger partial charge in [0.15, 0.2) is 0 Å². The number of likely N-dealkylation sites (tertiary alicyclic amines) is 1. The predicted octanol–water partition coefficient (Wildman–Crippen LogP) is -1.04. The van der Waals surface area contributed by atoms with Crippen molar-refractivity contribution in [1.29, 1.82) is 0 Å². The van der Waals surface area contributed by atoms with Gasteiger partial charge < -0.3 is 15.7 Å². The third-order valence-corrected chi connectivity index (χ3v) is 1.75. The molecule has 1 rings (SSSR count). The summed E-state index contributed by atoms with van der Waals surface area (Å²) in [5.74, 6) is -0.833. The number of hydrogen-bond donors (Lipinski definition) is 2.